The molecule has 6 heteroatoms. The quantitative estimate of drug-likeness (QED) is 0.857. The Morgan fingerprint density at radius 1 is 1.28 bits per heavy atom. The predicted molar refractivity (Wildman–Crippen MR) is 96.0 cm³/mol. The molecule has 0 aliphatic carbocycles. The molecule has 2 amide bonds. The lowest BCUT2D eigenvalue weighted by Crippen LogP contribution is -2.44. The summed E-state index contributed by atoms with van der Waals surface area (Å²) < 4.78 is 10.5. The molecule has 138 valence electrons. The molecule has 1 fully saturated rings. The van der Waals surface area contributed by atoms with Crippen LogP contribution in [0.15, 0.2) is 18.2 Å². The number of amides is 2. The molecular formula is C19H28N2O4. The number of ether oxygens (including phenoxy) is 2. The van der Waals surface area contributed by atoms with Gasteiger partial charge < -0.3 is 19.7 Å². The maximum Gasteiger partial charge on any atom is 0.257 e. The van der Waals surface area contributed by atoms with Gasteiger partial charge in [0.15, 0.2) is 0 Å². The van der Waals surface area contributed by atoms with Gasteiger partial charge >= 0.3 is 0 Å². The van der Waals surface area contributed by atoms with Crippen LogP contribution in [0, 0.1) is 11.8 Å². The highest BCUT2D eigenvalue weighted by atomic mass is 16.5. The van der Waals surface area contributed by atoms with Crippen molar-refractivity contribution in [2.45, 2.75) is 26.7 Å². The van der Waals surface area contributed by atoms with Gasteiger partial charge in [-0.25, -0.2) is 0 Å². The van der Waals surface area contributed by atoms with Crippen molar-refractivity contribution in [3.8, 4) is 11.5 Å². The molecule has 25 heavy (non-hydrogen) atoms. The van der Waals surface area contributed by atoms with Gasteiger partial charge in [-0.05, 0) is 30.9 Å². The van der Waals surface area contributed by atoms with Crippen molar-refractivity contribution in [2.24, 2.45) is 11.8 Å². The number of nitrogens with zero attached hydrogens (tertiary/aromatic N) is 1. The zero-order valence-electron chi connectivity index (χ0n) is 15.5. The zero-order valence-corrected chi connectivity index (χ0v) is 15.5. The summed E-state index contributed by atoms with van der Waals surface area (Å²) in [7, 11) is 3.13. The van der Waals surface area contributed by atoms with E-state index in [1.807, 2.05) is 18.7 Å². The third kappa shape index (κ3) is 4.87. The van der Waals surface area contributed by atoms with E-state index in [4.69, 9.17) is 9.47 Å². The van der Waals surface area contributed by atoms with Crippen LogP contribution in [0.1, 0.15) is 37.0 Å². The number of carbonyl (C=O) groups is 2. The van der Waals surface area contributed by atoms with Crippen molar-refractivity contribution in [1.82, 2.24) is 10.2 Å². The highest BCUT2D eigenvalue weighted by Crippen LogP contribution is 2.27. The molecule has 0 bridgehead atoms. The lowest BCUT2D eigenvalue weighted by molar-refractivity contribution is -0.124. The molecule has 1 aromatic carbocycles. The second kappa shape index (κ2) is 8.74. The fourth-order valence-corrected chi connectivity index (χ4v) is 3.01. The minimum absolute atomic E-state index is 0.0233. The average Bonchev–Trinajstić information content (AvgIpc) is 2.64. The lowest BCUT2D eigenvalue weighted by atomic mass is 9.97. The number of hydrogen-bond donors (Lipinski definition) is 1. The Hall–Kier alpha value is -2.24. The fourth-order valence-electron chi connectivity index (χ4n) is 3.01. The summed E-state index contributed by atoms with van der Waals surface area (Å²) in [6, 6.07) is 5.22. The van der Waals surface area contributed by atoms with Crippen LogP contribution in [0.25, 0.3) is 0 Å². The standard InChI is InChI=1S/C19H28N2O4/c1-13(2)18(22)20-11-14-6-5-9-21(12-14)19(23)16-8-7-15(24-3)10-17(16)25-4/h7-8,10,13-14H,5-6,9,11-12H2,1-4H3,(H,20,22). The second-order valence-corrected chi connectivity index (χ2v) is 6.73. The predicted octanol–water partition coefficient (Wildman–Crippen LogP) is 2.33. The SMILES string of the molecule is COc1ccc(C(=O)N2CCCC(CNC(=O)C(C)C)C2)c(OC)c1. The molecule has 0 spiro atoms. The molecule has 1 atom stereocenters. The molecule has 0 aromatic heterocycles. The van der Waals surface area contributed by atoms with Gasteiger partial charge in [-0.2, -0.15) is 0 Å². The maximum atomic E-state index is 12.9. The van der Waals surface area contributed by atoms with Crippen molar-refractivity contribution in [2.75, 3.05) is 33.9 Å². The highest BCUT2D eigenvalue weighted by molar-refractivity contribution is 5.97. The van der Waals surface area contributed by atoms with Crippen molar-refractivity contribution in [3.05, 3.63) is 23.8 Å². The molecule has 2 rings (SSSR count). The minimum Gasteiger partial charge on any atom is -0.497 e. The van der Waals surface area contributed by atoms with E-state index in [0.717, 1.165) is 19.4 Å². The Morgan fingerprint density at radius 2 is 2.04 bits per heavy atom. The Morgan fingerprint density at radius 3 is 2.68 bits per heavy atom. The van der Waals surface area contributed by atoms with E-state index >= 15 is 0 Å². The third-order valence-electron chi connectivity index (χ3n) is 4.53. The third-order valence-corrected chi connectivity index (χ3v) is 4.53. The molecule has 1 saturated heterocycles. The van der Waals surface area contributed by atoms with E-state index in [2.05, 4.69) is 5.32 Å². The molecule has 1 aromatic rings. The highest BCUT2D eigenvalue weighted by Gasteiger charge is 2.26. The van der Waals surface area contributed by atoms with Gasteiger partial charge in [0, 0.05) is 31.6 Å². The van der Waals surface area contributed by atoms with E-state index in [1.54, 1.807) is 32.4 Å². The molecule has 0 saturated carbocycles. The summed E-state index contributed by atoms with van der Waals surface area (Å²) in [4.78, 5) is 26.5. The Labute approximate surface area is 149 Å². The number of hydrogen-bond acceptors (Lipinski definition) is 4. The average molecular weight is 348 g/mol. The van der Waals surface area contributed by atoms with Gasteiger partial charge in [-0.1, -0.05) is 13.8 Å². The summed E-state index contributed by atoms with van der Waals surface area (Å²) in [6.45, 7) is 5.74. The number of benzene rings is 1. The first kappa shape index (κ1) is 19.1. The van der Waals surface area contributed by atoms with Crippen LogP contribution in [0.5, 0.6) is 11.5 Å². The lowest BCUT2D eigenvalue weighted by Gasteiger charge is -2.33. The smallest absolute Gasteiger partial charge is 0.257 e. The molecule has 1 aliphatic rings. The van der Waals surface area contributed by atoms with Crippen molar-refractivity contribution < 1.29 is 19.1 Å². The number of likely N-dealkylation sites (tertiary alicyclic amines) is 1. The van der Waals surface area contributed by atoms with E-state index < -0.39 is 0 Å². The van der Waals surface area contributed by atoms with E-state index in [-0.39, 0.29) is 23.7 Å². The Balaban J connectivity index is 2.03. The van der Waals surface area contributed by atoms with Gasteiger partial charge in [0.05, 0.1) is 19.8 Å². The second-order valence-electron chi connectivity index (χ2n) is 6.73. The first-order valence-corrected chi connectivity index (χ1v) is 8.75. The summed E-state index contributed by atoms with van der Waals surface area (Å²) in [5.41, 5.74) is 0.537. The molecule has 1 heterocycles. The van der Waals surface area contributed by atoms with E-state index in [0.29, 0.717) is 30.2 Å². The van der Waals surface area contributed by atoms with Gasteiger partial charge in [-0.3, -0.25) is 9.59 Å². The van der Waals surface area contributed by atoms with Gasteiger partial charge in [-0.15, -0.1) is 0 Å². The molecule has 6 nitrogen and oxygen atoms in total. The molecular weight excluding hydrogens is 320 g/mol. The van der Waals surface area contributed by atoms with Crippen LogP contribution >= 0.6 is 0 Å². The van der Waals surface area contributed by atoms with Crippen LogP contribution < -0.4 is 14.8 Å². The van der Waals surface area contributed by atoms with Crippen LogP contribution in [-0.2, 0) is 4.79 Å². The summed E-state index contributed by atoms with van der Waals surface area (Å²) in [5.74, 6) is 1.44. The van der Waals surface area contributed by atoms with E-state index in [9.17, 15) is 9.59 Å². The molecule has 0 radical (unpaired) electrons. The first-order chi connectivity index (χ1) is 12.0. The number of carbonyl (C=O) groups excluding carboxylic acids is 2. The minimum atomic E-state index is -0.0422. The van der Waals surface area contributed by atoms with Crippen LogP contribution in [-0.4, -0.2) is 50.6 Å². The Kier molecular flexibility index (Phi) is 6.67. The molecule has 1 N–H and O–H groups in total. The fraction of sp³-hybridized carbons (Fsp3) is 0.579. The number of methoxy groups -OCH3 is 2. The van der Waals surface area contributed by atoms with Gasteiger partial charge in [0.2, 0.25) is 5.91 Å². The van der Waals surface area contributed by atoms with Crippen molar-refractivity contribution >= 4 is 11.8 Å². The first-order valence-electron chi connectivity index (χ1n) is 8.75. The topological polar surface area (TPSA) is 67.9 Å². The van der Waals surface area contributed by atoms with Crippen LogP contribution in [0.2, 0.25) is 0 Å². The summed E-state index contributed by atoms with van der Waals surface area (Å²) in [6.07, 6.45) is 1.95. The number of rotatable bonds is 6. The van der Waals surface area contributed by atoms with Crippen LogP contribution in [0.4, 0.5) is 0 Å². The Bertz CT molecular complexity index is 615. The maximum absolute atomic E-state index is 12.9. The molecule has 1 aliphatic heterocycles. The summed E-state index contributed by atoms with van der Waals surface area (Å²) >= 11 is 0. The number of nitrogens with one attached hydrogen (secondary N) is 1. The normalized spacial score (nSPS) is 17.3. The van der Waals surface area contributed by atoms with E-state index in [1.165, 1.54) is 0 Å². The zero-order chi connectivity index (χ0) is 18.4. The van der Waals surface area contributed by atoms with Crippen molar-refractivity contribution in [1.29, 1.82) is 0 Å². The van der Waals surface area contributed by atoms with Crippen LogP contribution in [0.3, 0.4) is 0 Å². The van der Waals surface area contributed by atoms with Crippen molar-refractivity contribution in [3.63, 3.8) is 0 Å². The number of piperidine rings is 1. The summed E-state index contributed by atoms with van der Waals surface area (Å²) in [5, 5.41) is 2.97. The van der Waals surface area contributed by atoms with Gasteiger partial charge in [0.1, 0.15) is 11.5 Å². The largest absolute Gasteiger partial charge is 0.497 e. The van der Waals surface area contributed by atoms with Gasteiger partial charge in [0.25, 0.3) is 5.91 Å². The molecule has 1 unspecified atom stereocenters. The monoisotopic (exact) mass is 348 g/mol.